The van der Waals surface area contributed by atoms with E-state index in [0.29, 0.717) is 13.0 Å². The van der Waals surface area contributed by atoms with Gasteiger partial charge >= 0.3 is 5.97 Å². The van der Waals surface area contributed by atoms with Crippen LogP contribution in [0.4, 0.5) is 0 Å². The fourth-order valence-corrected chi connectivity index (χ4v) is 2.33. The van der Waals surface area contributed by atoms with Crippen molar-refractivity contribution in [3.05, 3.63) is 29.8 Å². The Morgan fingerprint density at radius 2 is 1.95 bits per heavy atom. The fraction of sp³-hybridized carbons (Fsp3) is 0.562. The number of hydrogen-bond donors (Lipinski definition) is 0. The first kappa shape index (κ1) is 14.9. The number of carbonyl (C=O) groups excluding carboxylic acids is 1. The Balaban J connectivity index is 2.08. The number of rotatable bonds is 6. The molecule has 0 saturated carbocycles. The van der Waals surface area contributed by atoms with Crippen LogP contribution >= 0.6 is 0 Å². The van der Waals surface area contributed by atoms with Crippen molar-refractivity contribution >= 4 is 5.97 Å². The highest BCUT2D eigenvalue weighted by atomic mass is 16.7. The number of ether oxygens (including phenoxy) is 3. The first-order valence-electron chi connectivity index (χ1n) is 7.15. The molecule has 20 heavy (non-hydrogen) atoms. The van der Waals surface area contributed by atoms with E-state index in [1.807, 2.05) is 45.0 Å². The maximum absolute atomic E-state index is 12.0. The molecule has 2 atom stereocenters. The van der Waals surface area contributed by atoms with Crippen LogP contribution < -0.4 is 4.74 Å². The van der Waals surface area contributed by atoms with E-state index < -0.39 is 5.60 Å². The van der Waals surface area contributed by atoms with Crippen molar-refractivity contribution in [1.82, 2.24) is 0 Å². The Morgan fingerprint density at radius 1 is 1.30 bits per heavy atom. The molecule has 1 saturated heterocycles. The van der Waals surface area contributed by atoms with Gasteiger partial charge in [0.2, 0.25) is 0 Å². The van der Waals surface area contributed by atoms with Crippen molar-refractivity contribution in [2.24, 2.45) is 0 Å². The first-order chi connectivity index (χ1) is 9.53. The Labute approximate surface area is 120 Å². The normalized spacial score (nSPS) is 24.6. The zero-order chi connectivity index (χ0) is 14.8. The van der Waals surface area contributed by atoms with Gasteiger partial charge < -0.3 is 14.2 Å². The van der Waals surface area contributed by atoms with E-state index in [-0.39, 0.29) is 18.2 Å². The predicted molar refractivity (Wildman–Crippen MR) is 75.7 cm³/mol. The van der Waals surface area contributed by atoms with Gasteiger partial charge in [-0.05, 0) is 44.9 Å². The predicted octanol–water partition coefficient (Wildman–Crippen LogP) is 3.26. The number of carbonyl (C=O) groups is 1. The minimum atomic E-state index is -0.795. The van der Waals surface area contributed by atoms with Crippen LogP contribution in [0.25, 0.3) is 0 Å². The third-order valence-corrected chi connectivity index (χ3v) is 3.40. The van der Waals surface area contributed by atoms with Crippen LogP contribution in [-0.2, 0) is 14.3 Å². The van der Waals surface area contributed by atoms with E-state index >= 15 is 0 Å². The van der Waals surface area contributed by atoms with Gasteiger partial charge in [-0.3, -0.25) is 0 Å². The molecule has 0 N–H and O–H groups in total. The third kappa shape index (κ3) is 2.80. The lowest BCUT2D eigenvalue weighted by atomic mass is 9.97. The molecule has 0 aromatic heterocycles. The van der Waals surface area contributed by atoms with Gasteiger partial charge in [-0.15, -0.1) is 0 Å². The van der Waals surface area contributed by atoms with Crippen LogP contribution in [0.5, 0.6) is 5.75 Å². The number of hydrogen-bond acceptors (Lipinski definition) is 4. The Morgan fingerprint density at radius 3 is 2.45 bits per heavy atom. The maximum atomic E-state index is 12.0. The second-order valence-corrected chi connectivity index (χ2v) is 5.20. The van der Waals surface area contributed by atoms with Crippen LogP contribution in [0.2, 0.25) is 0 Å². The highest BCUT2D eigenvalue weighted by Gasteiger charge is 2.63. The molecule has 1 aliphatic rings. The SMILES string of the molecule is CCOC(=O)[C@@]1(CC)O[C@@H]1c1ccc(OC(C)C)cc1. The molecule has 1 aromatic carbocycles. The average Bonchev–Trinajstić information content (AvgIpc) is 3.15. The lowest BCUT2D eigenvalue weighted by molar-refractivity contribution is -0.149. The van der Waals surface area contributed by atoms with Crippen LogP contribution in [0.3, 0.4) is 0 Å². The molecule has 0 amide bonds. The van der Waals surface area contributed by atoms with E-state index in [1.54, 1.807) is 6.92 Å². The number of esters is 1. The standard InChI is InChI=1S/C16H22O4/c1-5-16(15(17)18-6-2)14(20-16)12-7-9-13(10-8-12)19-11(3)4/h7-11,14H,5-6H2,1-4H3/t14-,16+/m1/s1. The molecule has 1 heterocycles. The van der Waals surface area contributed by atoms with Gasteiger partial charge in [0.05, 0.1) is 12.7 Å². The van der Waals surface area contributed by atoms with E-state index in [2.05, 4.69) is 0 Å². The van der Waals surface area contributed by atoms with Crippen molar-refractivity contribution in [3.8, 4) is 5.75 Å². The van der Waals surface area contributed by atoms with Crippen LogP contribution in [0.15, 0.2) is 24.3 Å². The van der Waals surface area contributed by atoms with Crippen molar-refractivity contribution in [2.75, 3.05) is 6.61 Å². The molecule has 0 aliphatic carbocycles. The van der Waals surface area contributed by atoms with E-state index in [1.165, 1.54) is 0 Å². The fourth-order valence-electron chi connectivity index (χ4n) is 2.33. The van der Waals surface area contributed by atoms with Crippen LogP contribution in [0, 0.1) is 0 Å². The van der Waals surface area contributed by atoms with Gasteiger partial charge in [0.1, 0.15) is 11.9 Å². The molecule has 1 aliphatic heterocycles. The Hall–Kier alpha value is -1.55. The molecule has 2 rings (SSSR count). The molecule has 0 spiro atoms. The summed E-state index contributed by atoms with van der Waals surface area (Å²) < 4.78 is 16.4. The smallest absolute Gasteiger partial charge is 0.341 e. The van der Waals surface area contributed by atoms with Gasteiger partial charge in [0.15, 0.2) is 5.60 Å². The molecule has 4 heteroatoms. The zero-order valence-electron chi connectivity index (χ0n) is 12.5. The summed E-state index contributed by atoms with van der Waals surface area (Å²) in [5.74, 6) is 0.553. The third-order valence-electron chi connectivity index (χ3n) is 3.40. The zero-order valence-corrected chi connectivity index (χ0v) is 12.5. The van der Waals surface area contributed by atoms with Crippen molar-refractivity contribution in [3.63, 3.8) is 0 Å². The van der Waals surface area contributed by atoms with Crippen molar-refractivity contribution in [2.45, 2.75) is 51.9 Å². The van der Waals surface area contributed by atoms with E-state index in [9.17, 15) is 4.79 Å². The van der Waals surface area contributed by atoms with E-state index in [4.69, 9.17) is 14.2 Å². The van der Waals surface area contributed by atoms with Crippen molar-refractivity contribution in [1.29, 1.82) is 0 Å². The Bertz CT molecular complexity index is 466. The number of epoxide rings is 1. The van der Waals surface area contributed by atoms with Gasteiger partial charge in [-0.2, -0.15) is 0 Å². The Kier molecular flexibility index (Phi) is 4.33. The summed E-state index contributed by atoms with van der Waals surface area (Å²) in [6.45, 7) is 8.09. The van der Waals surface area contributed by atoms with Gasteiger partial charge in [-0.25, -0.2) is 4.79 Å². The summed E-state index contributed by atoms with van der Waals surface area (Å²) >= 11 is 0. The maximum Gasteiger partial charge on any atom is 0.341 e. The van der Waals surface area contributed by atoms with Gasteiger partial charge in [0, 0.05) is 0 Å². The topological polar surface area (TPSA) is 48.1 Å². The van der Waals surface area contributed by atoms with Gasteiger partial charge in [-0.1, -0.05) is 19.1 Å². The molecule has 0 radical (unpaired) electrons. The average molecular weight is 278 g/mol. The summed E-state index contributed by atoms with van der Waals surface area (Å²) in [5.41, 5.74) is 0.187. The molecule has 110 valence electrons. The minimum absolute atomic E-state index is 0.146. The highest BCUT2D eigenvalue weighted by Crippen LogP contribution is 2.52. The first-order valence-corrected chi connectivity index (χ1v) is 7.15. The monoisotopic (exact) mass is 278 g/mol. The van der Waals surface area contributed by atoms with Crippen LogP contribution in [0.1, 0.15) is 45.8 Å². The molecule has 1 aromatic rings. The second-order valence-electron chi connectivity index (χ2n) is 5.20. The lowest BCUT2D eigenvalue weighted by Gasteiger charge is -2.11. The highest BCUT2D eigenvalue weighted by molar-refractivity contribution is 5.83. The lowest BCUT2D eigenvalue weighted by Crippen LogP contribution is -2.27. The largest absolute Gasteiger partial charge is 0.491 e. The minimum Gasteiger partial charge on any atom is -0.491 e. The quantitative estimate of drug-likeness (QED) is 0.592. The summed E-state index contributed by atoms with van der Waals surface area (Å²) in [6.07, 6.45) is 0.549. The number of benzene rings is 1. The van der Waals surface area contributed by atoms with E-state index in [0.717, 1.165) is 11.3 Å². The molecule has 0 bridgehead atoms. The molecule has 0 unspecified atom stereocenters. The molecular weight excluding hydrogens is 256 g/mol. The summed E-state index contributed by atoms with van der Waals surface area (Å²) in [6, 6.07) is 7.70. The second kappa shape index (κ2) is 5.83. The summed E-state index contributed by atoms with van der Waals surface area (Å²) in [5, 5.41) is 0. The summed E-state index contributed by atoms with van der Waals surface area (Å²) in [7, 11) is 0. The molecule has 1 fully saturated rings. The summed E-state index contributed by atoms with van der Waals surface area (Å²) in [4.78, 5) is 12.0. The van der Waals surface area contributed by atoms with Gasteiger partial charge in [0.25, 0.3) is 0 Å². The van der Waals surface area contributed by atoms with Crippen molar-refractivity contribution < 1.29 is 19.0 Å². The van der Waals surface area contributed by atoms with Crippen LogP contribution in [-0.4, -0.2) is 24.3 Å². The molecule has 4 nitrogen and oxygen atoms in total. The molecular formula is C16H22O4.